The summed E-state index contributed by atoms with van der Waals surface area (Å²) in [5.41, 5.74) is 0.479. The number of carbonyl (C=O) groups is 2. The van der Waals surface area contributed by atoms with E-state index >= 15 is 0 Å². The molecule has 30 heavy (non-hydrogen) atoms. The Labute approximate surface area is 173 Å². The third-order valence-corrected chi connectivity index (χ3v) is 4.88. The summed E-state index contributed by atoms with van der Waals surface area (Å²) < 4.78 is 6.10. The fraction of sp³-hybridized carbons (Fsp3) is 0.304. The number of aromatic nitrogens is 2. The average Bonchev–Trinajstić information content (AvgIpc) is 2.70. The maximum absolute atomic E-state index is 12.6. The third kappa shape index (κ3) is 4.40. The number of Topliss-reactive ketones (excluding diaryl/α,β-unsaturated/α-hetero) is 1. The first-order chi connectivity index (χ1) is 14.1. The molecule has 1 N–H and O–H groups in total. The molecule has 0 aliphatic carbocycles. The van der Waals surface area contributed by atoms with Crippen molar-refractivity contribution in [3.63, 3.8) is 0 Å². The van der Waals surface area contributed by atoms with Crippen LogP contribution in [0.3, 0.4) is 0 Å². The van der Waals surface area contributed by atoms with Gasteiger partial charge in [-0.1, -0.05) is 57.2 Å². The standard InChI is InChI=1S/C23H24N2O5/c1-14(20(27)15-9-11-16(12-10-15)23(2,3)4)30-19(26)13-25-22(29)18-8-6-5-7-17(18)21(28)24-25/h5-12,14H,13H2,1-4H3,(H,24,28). The first kappa shape index (κ1) is 21.2. The van der Waals surface area contributed by atoms with Gasteiger partial charge in [0.2, 0.25) is 5.78 Å². The van der Waals surface area contributed by atoms with E-state index in [1.165, 1.54) is 19.1 Å². The van der Waals surface area contributed by atoms with E-state index in [4.69, 9.17) is 4.74 Å². The Kier molecular flexibility index (Phi) is 5.73. The van der Waals surface area contributed by atoms with Gasteiger partial charge in [-0.05, 0) is 30.0 Å². The number of rotatable bonds is 5. The van der Waals surface area contributed by atoms with Crippen LogP contribution in [0.2, 0.25) is 0 Å². The molecule has 0 aliphatic rings. The van der Waals surface area contributed by atoms with Gasteiger partial charge in [0.25, 0.3) is 11.1 Å². The molecule has 0 saturated heterocycles. The smallest absolute Gasteiger partial charge is 0.328 e. The highest BCUT2D eigenvalue weighted by Gasteiger charge is 2.21. The summed E-state index contributed by atoms with van der Waals surface area (Å²) in [7, 11) is 0. The number of hydrogen-bond donors (Lipinski definition) is 1. The minimum absolute atomic E-state index is 0.0380. The van der Waals surface area contributed by atoms with Crippen molar-refractivity contribution in [3.8, 4) is 0 Å². The van der Waals surface area contributed by atoms with Crippen LogP contribution in [0.15, 0.2) is 58.1 Å². The molecular formula is C23H24N2O5. The molecule has 7 heteroatoms. The van der Waals surface area contributed by atoms with Crippen molar-refractivity contribution < 1.29 is 14.3 Å². The lowest BCUT2D eigenvalue weighted by molar-refractivity contribution is -0.147. The Morgan fingerprint density at radius 3 is 2.20 bits per heavy atom. The summed E-state index contributed by atoms with van der Waals surface area (Å²) in [6.45, 7) is 7.21. The van der Waals surface area contributed by atoms with Crippen LogP contribution in [-0.4, -0.2) is 27.6 Å². The number of ketones is 1. The van der Waals surface area contributed by atoms with Gasteiger partial charge in [0, 0.05) is 5.56 Å². The number of fused-ring (bicyclic) bond motifs is 1. The Morgan fingerprint density at radius 2 is 1.60 bits per heavy atom. The van der Waals surface area contributed by atoms with Crippen LogP contribution in [0.4, 0.5) is 0 Å². The second-order valence-electron chi connectivity index (χ2n) is 8.20. The lowest BCUT2D eigenvalue weighted by Crippen LogP contribution is -2.34. The van der Waals surface area contributed by atoms with Crippen molar-refractivity contribution in [1.82, 2.24) is 9.78 Å². The molecule has 0 spiro atoms. The van der Waals surface area contributed by atoms with Crippen molar-refractivity contribution in [1.29, 1.82) is 0 Å². The van der Waals surface area contributed by atoms with Crippen molar-refractivity contribution in [2.75, 3.05) is 0 Å². The van der Waals surface area contributed by atoms with E-state index in [1.54, 1.807) is 24.3 Å². The molecule has 0 aliphatic heterocycles. The molecule has 1 heterocycles. The summed E-state index contributed by atoms with van der Waals surface area (Å²) in [5.74, 6) is -1.14. The van der Waals surface area contributed by atoms with Crippen LogP contribution in [-0.2, 0) is 21.5 Å². The fourth-order valence-electron chi connectivity index (χ4n) is 3.14. The first-order valence-corrected chi connectivity index (χ1v) is 9.64. The monoisotopic (exact) mass is 408 g/mol. The highest BCUT2D eigenvalue weighted by Crippen LogP contribution is 2.22. The number of carbonyl (C=O) groups excluding carboxylic acids is 2. The SMILES string of the molecule is CC(OC(=O)Cn1[nH]c(=O)c2ccccc2c1=O)C(=O)c1ccc(C(C)(C)C)cc1. The average molecular weight is 408 g/mol. The zero-order chi connectivity index (χ0) is 22.1. The number of nitrogens with zero attached hydrogens (tertiary/aromatic N) is 1. The molecule has 0 fully saturated rings. The van der Waals surface area contributed by atoms with E-state index < -0.39 is 29.7 Å². The van der Waals surface area contributed by atoms with E-state index in [-0.39, 0.29) is 22.0 Å². The quantitative estimate of drug-likeness (QED) is 0.517. The zero-order valence-electron chi connectivity index (χ0n) is 17.4. The molecule has 156 valence electrons. The Balaban J connectivity index is 1.72. The molecule has 0 bridgehead atoms. The van der Waals surface area contributed by atoms with Gasteiger partial charge in [-0.25, -0.2) is 4.68 Å². The van der Waals surface area contributed by atoms with Crippen LogP contribution in [0, 0.1) is 0 Å². The molecule has 0 radical (unpaired) electrons. The lowest BCUT2D eigenvalue weighted by atomic mass is 9.86. The number of ether oxygens (including phenoxy) is 1. The maximum Gasteiger partial charge on any atom is 0.328 e. The molecule has 0 saturated carbocycles. The van der Waals surface area contributed by atoms with Gasteiger partial charge in [0.1, 0.15) is 6.54 Å². The summed E-state index contributed by atoms with van der Waals surface area (Å²) in [6.07, 6.45) is -1.03. The number of esters is 1. The molecule has 3 rings (SSSR count). The molecule has 1 unspecified atom stereocenters. The predicted molar refractivity (Wildman–Crippen MR) is 114 cm³/mol. The molecule has 3 aromatic rings. The Hall–Kier alpha value is -3.48. The number of aromatic amines is 1. The van der Waals surface area contributed by atoms with Gasteiger partial charge in [-0.2, -0.15) is 0 Å². The van der Waals surface area contributed by atoms with Gasteiger partial charge in [0.15, 0.2) is 6.10 Å². The Bertz CT molecular complexity index is 1210. The highest BCUT2D eigenvalue weighted by molar-refractivity contribution is 6.00. The highest BCUT2D eigenvalue weighted by atomic mass is 16.5. The van der Waals surface area contributed by atoms with Crippen LogP contribution in [0.1, 0.15) is 43.6 Å². The summed E-state index contributed by atoms with van der Waals surface area (Å²) in [6, 6.07) is 13.5. The van der Waals surface area contributed by atoms with Crippen molar-refractivity contribution in [2.24, 2.45) is 0 Å². The van der Waals surface area contributed by atoms with E-state index in [0.29, 0.717) is 5.56 Å². The minimum Gasteiger partial charge on any atom is -0.453 e. The molecule has 1 atom stereocenters. The lowest BCUT2D eigenvalue weighted by Gasteiger charge is -2.19. The van der Waals surface area contributed by atoms with Crippen molar-refractivity contribution in [2.45, 2.75) is 45.8 Å². The summed E-state index contributed by atoms with van der Waals surface area (Å²) in [5, 5.41) is 2.82. The largest absolute Gasteiger partial charge is 0.453 e. The first-order valence-electron chi connectivity index (χ1n) is 9.64. The second-order valence-corrected chi connectivity index (χ2v) is 8.20. The van der Waals surface area contributed by atoms with Crippen LogP contribution in [0.5, 0.6) is 0 Å². The third-order valence-electron chi connectivity index (χ3n) is 4.88. The van der Waals surface area contributed by atoms with E-state index in [1.807, 2.05) is 12.1 Å². The molecule has 2 aromatic carbocycles. The van der Waals surface area contributed by atoms with Crippen LogP contribution >= 0.6 is 0 Å². The van der Waals surface area contributed by atoms with Gasteiger partial charge in [0.05, 0.1) is 10.8 Å². The van der Waals surface area contributed by atoms with Crippen LogP contribution in [0.25, 0.3) is 10.8 Å². The number of H-pyrrole nitrogens is 1. The number of hydrogen-bond acceptors (Lipinski definition) is 5. The predicted octanol–water partition coefficient (Wildman–Crippen LogP) is 2.80. The van der Waals surface area contributed by atoms with E-state index in [9.17, 15) is 19.2 Å². The molecule has 7 nitrogen and oxygen atoms in total. The molecule has 1 aromatic heterocycles. The Morgan fingerprint density at radius 1 is 1.00 bits per heavy atom. The van der Waals surface area contributed by atoms with Gasteiger partial charge >= 0.3 is 5.97 Å². The van der Waals surface area contributed by atoms with E-state index in [0.717, 1.165) is 10.2 Å². The fourth-order valence-corrected chi connectivity index (χ4v) is 3.14. The summed E-state index contributed by atoms with van der Waals surface area (Å²) >= 11 is 0. The van der Waals surface area contributed by atoms with E-state index in [2.05, 4.69) is 25.9 Å². The number of benzene rings is 2. The second kappa shape index (κ2) is 8.10. The van der Waals surface area contributed by atoms with Crippen molar-refractivity contribution >= 4 is 22.5 Å². The summed E-state index contributed by atoms with van der Waals surface area (Å²) in [4.78, 5) is 49.5. The zero-order valence-corrected chi connectivity index (χ0v) is 17.4. The van der Waals surface area contributed by atoms with Gasteiger partial charge in [-0.15, -0.1) is 0 Å². The maximum atomic E-state index is 12.6. The van der Waals surface area contributed by atoms with Crippen LogP contribution < -0.4 is 11.1 Å². The van der Waals surface area contributed by atoms with Gasteiger partial charge in [-0.3, -0.25) is 24.3 Å². The minimum atomic E-state index is -1.03. The molecule has 0 amide bonds. The number of nitrogens with one attached hydrogen (secondary N) is 1. The normalized spacial score (nSPS) is 12.5. The topological polar surface area (TPSA) is 98.2 Å². The van der Waals surface area contributed by atoms with Gasteiger partial charge < -0.3 is 4.74 Å². The molecular weight excluding hydrogens is 384 g/mol. The van der Waals surface area contributed by atoms with Crippen molar-refractivity contribution in [3.05, 3.63) is 80.4 Å².